The lowest BCUT2D eigenvalue weighted by Crippen LogP contribution is -2.59. The Balaban J connectivity index is 0.000000105. The van der Waals surface area contributed by atoms with Gasteiger partial charge in [-0.2, -0.15) is 10.4 Å². The van der Waals surface area contributed by atoms with Crippen molar-refractivity contribution in [2.24, 2.45) is 16.7 Å². The van der Waals surface area contributed by atoms with Crippen LogP contribution in [0.5, 0.6) is 0 Å². The molecule has 0 bridgehead atoms. The molecule has 20 rings (SSSR count). The molecule has 6 aromatic heterocycles. The Morgan fingerprint density at radius 2 is 1.07 bits per heavy atom. The molecule has 13 heterocycles. The zero-order valence-corrected chi connectivity index (χ0v) is 53.9. The minimum absolute atomic E-state index is 0.224. The van der Waals surface area contributed by atoms with Crippen LogP contribution in [0.1, 0.15) is 67.7 Å². The van der Waals surface area contributed by atoms with Crippen molar-refractivity contribution in [1.29, 1.82) is 5.26 Å². The maximum absolute atomic E-state index is 13.4. The number of hydrogen-bond donors (Lipinski definition) is 0. The zero-order chi connectivity index (χ0) is 64.4. The second kappa shape index (κ2) is 22.8. The second-order valence-electron chi connectivity index (χ2n) is 28.1. The lowest BCUT2D eigenvalue weighted by molar-refractivity contribution is 0.0424. The fraction of sp³-hybridized carbons (Fsp3) is 0.282. The van der Waals surface area contributed by atoms with Crippen molar-refractivity contribution in [1.82, 2.24) is 57.7 Å². The van der Waals surface area contributed by atoms with E-state index in [2.05, 4.69) is 180 Å². The lowest BCUT2D eigenvalue weighted by Gasteiger charge is -2.57. The number of aromatic nitrogens is 11. The topological polar surface area (TPSA) is 131 Å². The third-order valence-corrected chi connectivity index (χ3v) is 21.8. The van der Waals surface area contributed by atoms with Gasteiger partial charge in [-0.25, -0.2) is 23.4 Å². The van der Waals surface area contributed by atoms with Crippen LogP contribution in [0.2, 0.25) is 0 Å². The first kappa shape index (κ1) is 58.0. The smallest absolute Gasteiger partial charge is 0.185 e. The van der Waals surface area contributed by atoms with E-state index in [-0.39, 0.29) is 11.6 Å². The highest BCUT2D eigenvalue weighted by Gasteiger charge is 2.48. The first-order valence-electron chi connectivity index (χ1n) is 33.8. The summed E-state index contributed by atoms with van der Waals surface area (Å²) in [4.78, 5) is 19.3. The summed E-state index contributed by atoms with van der Waals surface area (Å²) in [6, 6.07) is 50.1. The summed E-state index contributed by atoms with van der Waals surface area (Å²) in [6.45, 7) is 13.9. The molecule has 0 N–H and O–H groups in total. The number of fused-ring (bicyclic) bond motifs is 15. The summed E-state index contributed by atoms with van der Waals surface area (Å²) >= 11 is 0. The molecule has 12 aromatic rings. The van der Waals surface area contributed by atoms with Crippen molar-refractivity contribution in [2.45, 2.75) is 65.1 Å². The molecule has 0 radical (unpaired) electrons. The Bertz CT molecular complexity index is 5000. The zero-order valence-electron chi connectivity index (χ0n) is 53.9. The molecule has 18 heteroatoms. The molecule has 96 heavy (non-hydrogen) atoms. The predicted octanol–water partition coefficient (Wildman–Crippen LogP) is 14.4. The number of rotatable bonds is 7. The molecule has 6 aromatic carbocycles. The van der Waals surface area contributed by atoms with Gasteiger partial charge in [-0.05, 0) is 181 Å². The quantitative estimate of drug-likeness (QED) is 0.152. The second-order valence-corrected chi connectivity index (χ2v) is 28.1. The van der Waals surface area contributed by atoms with Gasteiger partial charge in [0.2, 0.25) is 0 Å². The van der Waals surface area contributed by atoms with Gasteiger partial charge in [-0.15, -0.1) is 10.2 Å². The molecule has 478 valence electrons. The van der Waals surface area contributed by atoms with Crippen LogP contribution < -0.4 is 14.7 Å². The molecule has 4 saturated heterocycles. The van der Waals surface area contributed by atoms with Gasteiger partial charge >= 0.3 is 0 Å². The van der Waals surface area contributed by atoms with Crippen LogP contribution in [-0.2, 0) is 19.6 Å². The van der Waals surface area contributed by atoms with Crippen LogP contribution in [0.25, 0.3) is 85.0 Å². The number of likely N-dealkylation sites (tertiary alicyclic amines) is 1. The van der Waals surface area contributed by atoms with E-state index in [1.165, 1.54) is 128 Å². The summed E-state index contributed by atoms with van der Waals surface area (Å²) in [5.74, 6) is 2.96. The van der Waals surface area contributed by atoms with Crippen LogP contribution in [0.15, 0.2) is 189 Å². The Morgan fingerprint density at radius 3 is 1.65 bits per heavy atom. The van der Waals surface area contributed by atoms with Crippen molar-refractivity contribution >= 4 is 17.1 Å². The molecule has 16 nitrogen and oxygen atoms in total. The third-order valence-electron chi connectivity index (χ3n) is 21.8. The average Bonchev–Trinajstić information content (AvgIpc) is 1.24. The SMILES string of the molecule is CC[C@H]1CCN(c2ccc3c(c2)Cn2cc(-c4ccc(F)cc4)cc2-c2ncnn2-3)C1.CN1CC2(CCN(c3ccc4c(c3)Cn3cc(-c5ccc(F)cc5)cc3-c3nncn3-4)C2)C1.N#Cc1ccc(-c2cc3n(c2)Cc2cc(N4CC5(CCC5)C4)ccc2-n2ccnc2-3)cc1. The van der Waals surface area contributed by atoms with E-state index in [0.29, 0.717) is 16.4 Å². The maximum Gasteiger partial charge on any atom is 0.185 e. The summed E-state index contributed by atoms with van der Waals surface area (Å²) in [7, 11) is 2.21. The van der Waals surface area contributed by atoms with E-state index < -0.39 is 0 Å². The Hall–Kier alpha value is -10.6. The van der Waals surface area contributed by atoms with Gasteiger partial charge in [-0.1, -0.05) is 56.2 Å². The molecular formula is C78H72F2N16. The highest BCUT2D eigenvalue weighted by molar-refractivity contribution is 5.76. The van der Waals surface area contributed by atoms with Crippen LogP contribution in [0.4, 0.5) is 25.8 Å². The number of benzene rings is 6. The van der Waals surface area contributed by atoms with Crippen LogP contribution in [-0.4, -0.2) is 117 Å². The van der Waals surface area contributed by atoms with Gasteiger partial charge in [0.1, 0.15) is 24.3 Å². The Labute approximate surface area is 556 Å². The van der Waals surface area contributed by atoms with Crippen molar-refractivity contribution in [3.63, 3.8) is 0 Å². The average molecular weight is 1270 g/mol. The Morgan fingerprint density at radius 1 is 0.531 bits per heavy atom. The van der Waals surface area contributed by atoms with Gasteiger partial charge in [-0.3, -0.25) is 9.13 Å². The van der Waals surface area contributed by atoms with E-state index in [4.69, 9.17) is 10.2 Å². The number of halogens is 2. The van der Waals surface area contributed by atoms with Crippen molar-refractivity contribution in [2.75, 3.05) is 74.1 Å². The van der Waals surface area contributed by atoms with E-state index in [0.717, 1.165) is 131 Å². The standard InChI is InChI=1S/C27H23N5.C26H25FN6.C25H24FN5/c28-14-19-2-4-20(5-3-19)21-13-25-26-29-10-11-32(26)24-7-6-23(12-22(24)16-30(25)15-21)31-17-27(18-31)8-1-9-27;1-30-14-26(15-30)8-9-31(16-26)22-6-7-23-20(10-22)13-32-12-19(18-2-4-21(27)5-3-18)11-24(32)25-29-28-17-33(23)25;1-2-17-9-10-29(13-17)22-7-8-23-20(11-22)15-30-14-19(18-3-5-21(26)6-4-18)12-24(30)25-27-16-28-31(23)25/h2-7,10-13,15H,1,8-9,16-18H2;2-7,10-12,17H,8-9,13-16H2,1H3;3-8,11-12,14,16-17H,2,9-10,13,15H2,1H3/t;;17-/m..0/s1. The van der Waals surface area contributed by atoms with E-state index >= 15 is 0 Å². The molecule has 8 aliphatic rings. The minimum Gasteiger partial charge on any atom is -0.371 e. The fourth-order valence-corrected chi connectivity index (χ4v) is 16.6. The molecule has 1 atom stereocenters. The largest absolute Gasteiger partial charge is 0.371 e. The minimum atomic E-state index is -0.224. The molecule has 5 fully saturated rings. The highest BCUT2D eigenvalue weighted by Crippen LogP contribution is 2.50. The molecule has 7 aliphatic heterocycles. The number of nitriles is 1. The monoisotopic (exact) mass is 1270 g/mol. The number of imidazole rings is 1. The number of anilines is 3. The van der Waals surface area contributed by atoms with E-state index in [9.17, 15) is 8.78 Å². The predicted molar refractivity (Wildman–Crippen MR) is 371 cm³/mol. The van der Waals surface area contributed by atoms with Crippen molar-refractivity contribution < 1.29 is 8.78 Å². The number of nitrogens with zero attached hydrogens (tertiary/aromatic N) is 16. The summed E-state index contributed by atoms with van der Waals surface area (Å²) < 4.78 is 39.8. The Kier molecular flexibility index (Phi) is 13.8. The molecule has 0 unspecified atom stereocenters. The van der Waals surface area contributed by atoms with Gasteiger partial charge in [0.25, 0.3) is 0 Å². The van der Waals surface area contributed by atoms with E-state index in [1.807, 2.05) is 59.4 Å². The van der Waals surface area contributed by atoms with Gasteiger partial charge in [0, 0.05) is 148 Å². The maximum atomic E-state index is 13.4. The summed E-state index contributed by atoms with van der Waals surface area (Å²) in [5, 5.41) is 22.3. The fourth-order valence-electron chi connectivity index (χ4n) is 16.6. The van der Waals surface area contributed by atoms with Crippen molar-refractivity contribution in [3.8, 4) is 91.1 Å². The lowest BCUT2D eigenvalue weighted by atomic mass is 9.63. The van der Waals surface area contributed by atoms with Crippen LogP contribution in [0.3, 0.4) is 0 Å². The normalized spacial score (nSPS) is 17.7. The summed E-state index contributed by atoms with van der Waals surface area (Å²) in [5.41, 5.74) is 22.4. The number of hydrogen-bond acceptors (Lipinski definition) is 10. The first-order valence-corrected chi connectivity index (χ1v) is 33.8. The van der Waals surface area contributed by atoms with Crippen LogP contribution >= 0.6 is 0 Å². The molecule has 2 spiro atoms. The van der Waals surface area contributed by atoms with Gasteiger partial charge < -0.3 is 33.3 Å². The molecule has 0 amide bonds. The van der Waals surface area contributed by atoms with Crippen molar-refractivity contribution in [3.05, 3.63) is 223 Å². The third kappa shape index (κ3) is 10.1. The first-order chi connectivity index (χ1) is 47.0. The van der Waals surface area contributed by atoms with Crippen LogP contribution in [0, 0.1) is 39.7 Å². The van der Waals surface area contributed by atoms with Gasteiger partial charge in [0.15, 0.2) is 17.5 Å². The summed E-state index contributed by atoms with van der Waals surface area (Å²) in [6.07, 6.45) is 21.8. The van der Waals surface area contributed by atoms with Gasteiger partial charge in [0.05, 0.1) is 45.8 Å². The highest BCUT2D eigenvalue weighted by atomic mass is 19.1. The van der Waals surface area contributed by atoms with E-state index in [1.54, 1.807) is 12.7 Å². The molecular weight excluding hydrogens is 1200 g/mol. The molecule has 1 saturated carbocycles. The molecule has 1 aliphatic carbocycles.